The minimum absolute atomic E-state index is 0.0477. The number of benzene rings is 3. The standard InChI is InChI=1S/C27H29N3O2S/c1-19-17-20(2)25-24(18-19)28-27(33-25)30(16-8-15-29(3)4)26(31)21-11-13-23(14-12-21)32-22-9-6-5-7-10-22/h5-7,9-14,17-18H,8,15-16H2,1-4H3. The highest BCUT2D eigenvalue weighted by atomic mass is 32.1. The van der Waals surface area contributed by atoms with Gasteiger partial charge in [0.25, 0.3) is 5.91 Å². The van der Waals surface area contributed by atoms with E-state index in [4.69, 9.17) is 9.72 Å². The van der Waals surface area contributed by atoms with E-state index in [0.717, 1.165) is 34.1 Å². The summed E-state index contributed by atoms with van der Waals surface area (Å²) >= 11 is 1.58. The highest BCUT2D eigenvalue weighted by molar-refractivity contribution is 7.22. The van der Waals surface area contributed by atoms with Gasteiger partial charge in [-0.1, -0.05) is 35.6 Å². The number of aryl methyl sites for hydroxylation is 2. The van der Waals surface area contributed by atoms with Gasteiger partial charge in [0.1, 0.15) is 11.5 Å². The molecule has 0 N–H and O–H groups in total. The van der Waals surface area contributed by atoms with Gasteiger partial charge < -0.3 is 9.64 Å². The van der Waals surface area contributed by atoms with E-state index in [9.17, 15) is 4.79 Å². The number of hydrogen-bond acceptors (Lipinski definition) is 5. The fraction of sp³-hybridized carbons (Fsp3) is 0.259. The molecule has 4 rings (SSSR count). The van der Waals surface area contributed by atoms with Crippen molar-refractivity contribution in [1.82, 2.24) is 9.88 Å². The van der Waals surface area contributed by atoms with E-state index in [1.54, 1.807) is 11.3 Å². The molecule has 0 spiro atoms. The Hall–Kier alpha value is -3.22. The van der Waals surface area contributed by atoms with Crippen LogP contribution in [-0.2, 0) is 0 Å². The smallest absolute Gasteiger partial charge is 0.260 e. The summed E-state index contributed by atoms with van der Waals surface area (Å²) in [4.78, 5) is 22.3. The van der Waals surface area contributed by atoms with Crippen LogP contribution in [0.5, 0.6) is 11.5 Å². The monoisotopic (exact) mass is 459 g/mol. The quantitative estimate of drug-likeness (QED) is 0.310. The molecule has 1 heterocycles. The van der Waals surface area contributed by atoms with Crippen molar-refractivity contribution in [2.24, 2.45) is 0 Å². The van der Waals surface area contributed by atoms with E-state index in [1.165, 1.54) is 11.1 Å². The molecular weight excluding hydrogens is 430 g/mol. The first kappa shape index (κ1) is 23.0. The van der Waals surface area contributed by atoms with Crippen LogP contribution in [0.3, 0.4) is 0 Å². The lowest BCUT2D eigenvalue weighted by molar-refractivity contribution is 0.0986. The number of thiazole rings is 1. The second kappa shape index (κ2) is 10.1. The third kappa shape index (κ3) is 5.59. The Morgan fingerprint density at radius 3 is 2.33 bits per heavy atom. The summed E-state index contributed by atoms with van der Waals surface area (Å²) < 4.78 is 7.01. The summed E-state index contributed by atoms with van der Waals surface area (Å²) in [6, 6.07) is 21.2. The highest BCUT2D eigenvalue weighted by Crippen LogP contribution is 2.33. The topological polar surface area (TPSA) is 45.7 Å². The van der Waals surface area contributed by atoms with E-state index < -0.39 is 0 Å². The molecule has 0 radical (unpaired) electrons. The first-order valence-corrected chi connectivity index (χ1v) is 11.9. The Balaban J connectivity index is 1.60. The molecule has 6 heteroatoms. The number of rotatable bonds is 8. The summed E-state index contributed by atoms with van der Waals surface area (Å²) in [6.07, 6.45) is 0.863. The Morgan fingerprint density at radius 2 is 1.64 bits per heavy atom. The first-order valence-electron chi connectivity index (χ1n) is 11.1. The van der Waals surface area contributed by atoms with Gasteiger partial charge >= 0.3 is 0 Å². The summed E-state index contributed by atoms with van der Waals surface area (Å²) in [7, 11) is 4.09. The molecular formula is C27H29N3O2S. The lowest BCUT2D eigenvalue weighted by Gasteiger charge is -2.21. The summed E-state index contributed by atoms with van der Waals surface area (Å²) in [5.74, 6) is 1.42. The maximum Gasteiger partial charge on any atom is 0.260 e. The number of aromatic nitrogens is 1. The number of carbonyl (C=O) groups is 1. The number of anilines is 1. The molecule has 3 aromatic carbocycles. The van der Waals surface area contributed by atoms with Gasteiger partial charge in [-0.2, -0.15) is 0 Å². The molecule has 0 aliphatic rings. The van der Waals surface area contributed by atoms with E-state index in [2.05, 4.69) is 30.9 Å². The van der Waals surface area contributed by atoms with Gasteiger partial charge in [0.05, 0.1) is 10.2 Å². The molecule has 170 valence electrons. The number of carbonyl (C=O) groups excluding carboxylic acids is 1. The predicted molar refractivity (Wildman–Crippen MR) is 137 cm³/mol. The van der Waals surface area contributed by atoms with Crippen molar-refractivity contribution in [3.05, 3.63) is 83.4 Å². The van der Waals surface area contributed by atoms with E-state index in [1.807, 2.05) is 73.6 Å². The van der Waals surface area contributed by atoms with E-state index in [-0.39, 0.29) is 5.91 Å². The zero-order chi connectivity index (χ0) is 23.4. The molecule has 0 bridgehead atoms. The fourth-order valence-corrected chi connectivity index (χ4v) is 4.80. The first-order chi connectivity index (χ1) is 15.9. The Morgan fingerprint density at radius 1 is 0.939 bits per heavy atom. The van der Waals surface area contributed by atoms with Gasteiger partial charge in [-0.25, -0.2) is 4.98 Å². The van der Waals surface area contributed by atoms with Crippen LogP contribution >= 0.6 is 11.3 Å². The van der Waals surface area contributed by atoms with Crippen LogP contribution in [-0.4, -0.2) is 43.0 Å². The molecule has 1 amide bonds. The van der Waals surface area contributed by atoms with Gasteiger partial charge in [0.15, 0.2) is 5.13 Å². The maximum absolute atomic E-state index is 13.6. The Bertz CT molecular complexity index is 1230. The SMILES string of the molecule is Cc1cc(C)c2sc(N(CCCN(C)C)C(=O)c3ccc(Oc4ccccc4)cc3)nc2c1. The molecule has 0 aliphatic heterocycles. The van der Waals surface area contributed by atoms with Gasteiger partial charge in [0.2, 0.25) is 0 Å². The van der Waals surface area contributed by atoms with Crippen molar-refractivity contribution >= 4 is 32.6 Å². The van der Waals surface area contributed by atoms with Crippen LogP contribution in [0.2, 0.25) is 0 Å². The largest absolute Gasteiger partial charge is 0.457 e. The van der Waals surface area contributed by atoms with Gasteiger partial charge in [0, 0.05) is 12.1 Å². The third-order valence-electron chi connectivity index (χ3n) is 5.35. The number of fused-ring (bicyclic) bond motifs is 1. The van der Waals surface area contributed by atoms with Crippen molar-refractivity contribution in [3.63, 3.8) is 0 Å². The zero-order valence-corrected chi connectivity index (χ0v) is 20.4. The van der Waals surface area contributed by atoms with Gasteiger partial charge in [-0.15, -0.1) is 0 Å². The minimum Gasteiger partial charge on any atom is -0.457 e. The fourth-order valence-electron chi connectivity index (χ4n) is 3.76. The molecule has 0 saturated heterocycles. The molecule has 5 nitrogen and oxygen atoms in total. The number of amides is 1. The Kier molecular flexibility index (Phi) is 7.06. The summed E-state index contributed by atoms with van der Waals surface area (Å²) in [5.41, 5.74) is 3.94. The maximum atomic E-state index is 13.6. The molecule has 0 atom stereocenters. The van der Waals surface area contributed by atoms with Crippen molar-refractivity contribution in [2.75, 3.05) is 32.1 Å². The lowest BCUT2D eigenvalue weighted by atomic mass is 10.1. The van der Waals surface area contributed by atoms with E-state index >= 15 is 0 Å². The molecule has 0 aliphatic carbocycles. The molecule has 4 aromatic rings. The van der Waals surface area contributed by atoms with Crippen LogP contribution < -0.4 is 9.64 Å². The molecule has 0 fully saturated rings. The lowest BCUT2D eigenvalue weighted by Crippen LogP contribution is -2.33. The van der Waals surface area contributed by atoms with Crippen LogP contribution in [0.1, 0.15) is 27.9 Å². The molecule has 33 heavy (non-hydrogen) atoms. The average molecular weight is 460 g/mol. The number of para-hydroxylation sites is 1. The summed E-state index contributed by atoms with van der Waals surface area (Å²) in [6.45, 7) is 5.68. The van der Waals surface area contributed by atoms with Crippen LogP contribution in [0, 0.1) is 13.8 Å². The van der Waals surface area contributed by atoms with Gasteiger partial charge in [-0.05, 0) is 94.5 Å². The minimum atomic E-state index is -0.0477. The van der Waals surface area contributed by atoms with E-state index in [0.29, 0.717) is 17.9 Å². The normalized spacial score (nSPS) is 11.2. The molecule has 1 aromatic heterocycles. The van der Waals surface area contributed by atoms with Crippen LogP contribution in [0.25, 0.3) is 10.2 Å². The number of ether oxygens (including phenoxy) is 1. The van der Waals surface area contributed by atoms with Crippen LogP contribution in [0.4, 0.5) is 5.13 Å². The zero-order valence-electron chi connectivity index (χ0n) is 19.5. The predicted octanol–water partition coefficient (Wildman–Crippen LogP) is 6.30. The summed E-state index contributed by atoms with van der Waals surface area (Å²) in [5, 5.41) is 0.743. The average Bonchev–Trinajstić information content (AvgIpc) is 3.21. The molecule has 0 saturated carbocycles. The second-order valence-electron chi connectivity index (χ2n) is 8.48. The number of nitrogens with zero attached hydrogens (tertiary/aromatic N) is 3. The van der Waals surface area contributed by atoms with Crippen LogP contribution in [0.15, 0.2) is 66.7 Å². The van der Waals surface area contributed by atoms with Gasteiger partial charge in [-0.3, -0.25) is 9.69 Å². The highest BCUT2D eigenvalue weighted by Gasteiger charge is 2.22. The van der Waals surface area contributed by atoms with Crippen molar-refractivity contribution in [2.45, 2.75) is 20.3 Å². The van der Waals surface area contributed by atoms with Crippen molar-refractivity contribution in [1.29, 1.82) is 0 Å². The van der Waals surface area contributed by atoms with Crippen molar-refractivity contribution < 1.29 is 9.53 Å². The van der Waals surface area contributed by atoms with Crippen molar-refractivity contribution in [3.8, 4) is 11.5 Å². The second-order valence-corrected chi connectivity index (χ2v) is 9.46. The third-order valence-corrected chi connectivity index (χ3v) is 6.58. The number of hydrogen-bond donors (Lipinski definition) is 0. The Labute approximate surface area is 199 Å². The molecule has 0 unspecified atom stereocenters.